The normalized spacial score (nSPS) is 17.3. The Kier molecular flexibility index (Phi) is 4.27. The number of carboxylic acids is 1. The molecule has 0 radical (unpaired) electrons. The van der Waals surface area contributed by atoms with Crippen molar-refractivity contribution in [2.75, 3.05) is 6.61 Å². The number of aliphatic hydroxyl groups excluding tert-OH is 3. The molecule has 0 aromatic heterocycles. The number of hydrogen-bond acceptors (Lipinski definition) is 4. The predicted octanol–water partition coefficient (Wildman–Crippen LogP) is -0.163. The maximum atomic E-state index is 10.8. The highest BCUT2D eigenvalue weighted by molar-refractivity contribution is 5.74. The van der Waals surface area contributed by atoms with Crippen molar-refractivity contribution < 1.29 is 25.2 Å². The molecule has 0 rings (SSSR count). The lowest BCUT2D eigenvalue weighted by atomic mass is 9.74. The molecule has 0 aliphatic rings. The SMILES string of the molecule is CC(C)(CO)C(O)C(O)C(C)(C)C(=O)O. The van der Waals surface area contributed by atoms with Gasteiger partial charge in [-0.1, -0.05) is 13.8 Å². The maximum Gasteiger partial charge on any atom is 0.311 e. The Morgan fingerprint density at radius 2 is 1.53 bits per heavy atom. The second-order valence-corrected chi connectivity index (χ2v) is 5.06. The zero-order chi connectivity index (χ0) is 12.4. The van der Waals surface area contributed by atoms with Crippen LogP contribution in [0.2, 0.25) is 0 Å². The molecule has 0 aliphatic heterocycles. The van der Waals surface area contributed by atoms with E-state index in [1.807, 2.05) is 0 Å². The fourth-order valence-electron chi connectivity index (χ4n) is 1.04. The summed E-state index contributed by atoms with van der Waals surface area (Å²) in [4.78, 5) is 10.8. The largest absolute Gasteiger partial charge is 0.481 e. The smallest absolute Gasteiger partial charge is 0.311 e. The highest BCUT2D eigenvalue weighted by atomic mass is 16.4. The third-order valence-corrected chi connectivity index (χ3v) is 2.80. The Bertz CT molecular complexity index is 234. The molecule has 0 fully saturated rings. The average molecular weight is 220 g/mol. The first-order valence-electron chi connectivity index (χ1n) is 4.77. The second kappa shape index (κ2) is 4.47. The summed E-state index contributed by atoms with van der Waals surface area (Å²) in [6.45, 7) is 5.44. The van der Waals surface area contributed by atoms with Crippen molar-refractivity contribution in [3.63, 3.8) is 0 Å². The molecular weight excluding hydrogens is 200 g/mol. The molecule has 15 heavy (non-hydrogen) atoms. The number of carbonyl (C=O) groups is 1. The summed E-state index contributed by atoms with van der Waals surface area (Å²) in [7, 11) is 0. The summed E-state index contributed by atoms with van der Waals surface area (Å²) in [6, 6.07) is 0. The van der Waals surface area contributed by atoms with Crippen LogP contribution in [-0.4, -0.2) is 45.2 Å². The fraction of sp³-hybridized carbons (Fsp3) is 0.900. The Balaban J connectivity index is 4.86. The van der Waals surface area contributed by atoms with Gasteiger partial charge in [0, 0.05) is 5.41 Å². The van der Waals surface area contributed by atoms with Crippen molar-refractivity contribution in [3.8, 4) is 0 Å². The number of rotatable bonds is 5. The van der Waals surface area contributed by atoms with Gasteiger partial charge >= 0.3 is 5.97 Å². The molecule has 0 spiro atoms. The van der Waals surface area contributed by atoms with Crippen LogP contribution in [0.1, 0.15) is 27.7 Å². The Morgan fingerprint density at radius 3 is 1.80 bits per heavy atom. The van der Waals surface area contributed by atoms with Gasteiger partial charge in [0.1, 0.15) is 0 Å². The zero-order valence-electron chi connectivity index (χ0n) is 9.56. The molecule has 0 bridgehead atoms. The van der Waals surface area contributed by atoms with Crippen LogP contribution in [0.4, 0.5) is 0 Å². The number of aliphatic carboxylic acids is 1. The summed E-state index contributed by atoms with van der Waals surface area (Å²) >= 11 is 0. The highest BCUT2D eigenvalue weighted by Crippen LogP contribution is 2.31. The third-order valence-electron chi connectivity index (χ3n) is 2.80. The van der Waals surface area contributed by atoms with Gasteiger partial charge in [-0.05, 0) is 13.8 Å². The molecule has 0 aromatic carbocycles. The molecule has 0 aliphatic carbocycles. The zero-order valence-corrected chi connectivity index (χ0v) is 9.56. The first-order valence-corrected chi connectivity index (χ1v) is 4.77. The monoisotopic (exact) mass is 220 g/mol. The van der Waals surface area contributed by atoms with Crippen LogP contribution in [0.15, 0.2) is 0 Å². The van der Waals surface area contributed by atoms with Crippen LogP contribution in [0.3, 0.4) is 0 Å². The van der Waals surface area contributed by atoms with Gasteiger partial charge in [-0.3, -0.25) is 4.79 Å². The van der Waals surface area contributed by atoms with Crippen LogP contribution < -0.4 is 0 Å². The minimum atomic E-state index is -1.45. The Labute approximate surface area is 89.4 Å². The lowest BCUT2D eigenvalue weighted by Gasteiger charge is -2.37. The molecule has 4 N–H and O–H groups in total. The quantitative estimate of drug-likeness (QED) is 0.516. The van der Waals surface area contributed by atoms with Crippen LogP contribution in [-0.2, 0) is 4.79 Å². The summed E-state index contributed by atoms with van der Waals surface area (Å²) in [5.74, 6) is -1.19. The van der Waals surface area contributed by atoms with Crippen LogP contribution >= 0.6 is 0 Å². The lowest BCUT2D eigenvalue weighted by molar-refractivity contribution is -0.166. The highest BCUT2D eigenvalue weighted by Gasteiger charge is 2.45. The van der Waals surface area contributed by atoms with E-state index in [0.717, 1.165) is 0 Å². The fourth-order valence-corrected chi connectivity index (χ4v) is 1.04. The summed E-state index contributed by atoms with van der Waals surface area (Å²) in [6.07, 6.45) is -2.73. The average Bonchev–Trinajstić information content (AvgIpc) is 2.15. The molecule has 0 amide bonds. The molecular formula is C10H20O5. The van der Waals surface area contributed by atoms with Crippen molar-refractivity contribution in [1.29, 1.82) is 0 Å². The van der Waals surface area contributed by atoms with Gasteiger partial charge < -0.3 is 20.4 Å². The summed E-state index contributed by atoms with van der Waals surface area (Å²) < 4.78 is 0. The maximum absolute atomic E-state index is 10.8. The minimum Gasteiger partial charge on any atom is -0.481 e. The predicted molar refractivity (Wildman–Crippen MR) is 54.3 cm³/mol. The van der Waals surface area contributed by atoms with Gasteiger partial charge in [-0.25, -0.2) is 0 Å². The van der Waals surface area contributed by atoms with Gasteiger partial charge in [0.2, 0.25) is 0 Å². The van der Waals surface area contributed by atoms with E-state index in [2.05, 4.69) is 0 Å². The van der Waals surface area contributed by atoms with E-state index in [4.69, 9.17) is 10.2 Å². The van der Waals surface area contributed by atoms with Crippen LogP contribution in [0.5, 0.6) is 0 Å². The molecule has 5 heteroatoms. The topological polar surface area (TPSA) is 98.0 Å². The molecule has 0 aromatic rings. The molecule has 0 saturated heterocycles. The van der Waals surface area contributed by atoms with Crippen molar-refractivity contribution in [2.45, 2.75) is 39.9 Å². The van der Waals surface area contributed by atoms with Crippen molar-refractivity contribution in [2.24, 2.45) is 10.8 Å². The Hall–Kier alpha value is -0.650. The van der Waals surface area contributed by atoms with E-state index in [1.165, 1.54) is 13.8 Å². The van der Waals surface area contributed by atoms with Gasteiger partial charge in [-0.2, -0.15) is 0 Å². The molecule has 0 saturated carbocycles. The number of aliphatic hydroxyl groups is 3. The van der Waals surface area contributed by atoms with Gasteiger partial charge in [-0.15, -0.1) is 0 Å². The van der Waals surface area contributed by atoms with E-state index in [-0.39, 0.29) is 6.61 Å². The van der Waals surface area contributed by atoms with E-state index < -0.39 is 29.0 Å². The third kappa shape index (κ3) is 2.90. The Morgan fingerprint density at radius 1 is 1.13 bits per heavy atom. The van der Waals surface area contributed by atoms with E-state index >= 15 is 0 Å². The molecule has 5 nitrogen and oxygen atoms in total. The summed E-state index contributed by atoms with van der Waals surface area (Å²) in [5.41, 5.74) is -2.39. The second-order valence-electron chi connectivity index (χ2n) is 5.06. The van der Waals surface area contributed by atoms with Gasteiger partial charge in [0.15, 0.2) is 0 Å². The van der Waals surface area contributed by atoms with Crippen molar-refractivity contribution in [3.05, 3.63) is 0 Å². The molecule has 0 heterocycles. The number of hydrogen-bond donors (Lipinski definition) is 4. The number of carboxylic acid groups (broad SMARTS) is 1. The van der Waals surface area contributed by atoms with Crippen LogP contribution in [0, 0.1) is 10.8 Å². The van der Waals surface area contributed by atoms with Crippen LogP contribution in [0.25, 0.3) is 0 Å². The first-order chi connectivity index (χ1) is 6.57. The van der Waals surface area contributed by atoms with E-state index in [1.54, 1.807) is 13.8 Å². The van der Waals surface area contributed by atoms with Crippen molar-refractivity contribution >= 4 is 5.97 Å². The lowest BCUT2D eigenvalue weighted by Crippen LogP contribution is -2.51. The van der Waals surface area contributed by atoms with Crippen molar-refractivity contribution in [1.82, 2.24) is 0 Å². The van der Waals surface area contributed by atoms with E-state index in [9.17, 15) is 15.0 Å². The first kappa shape index (κ1) is 14.3. The van der Waals surface area contributed by atoms with Gasteiger partial charge in [0.05, 0.1) is 24.2 Å². The molecule has 2 atom stereocenters. The standard InChI is InChI=1S/C10H20O5/c1-9(2,5-11)6(12)7(13)10(3,4)8(14)15/h6-7,11-13H,5H2,1-4H3,(H,14,15). The minimum absolute atomic E-state index is 0.332. The molecule has 2 unspecified atom stereocenters. The van der Waals surface area contributed by atoms with Gasteiger partial charge in [0.25, 0.3) is 0 Å². The molecule has 90 valence electrons. The summed E-state index contributed by atoms with van der Waals surface area (Å²) in [5, 5.41) is 37.4. The van der Waals surface area contributed by atoms with E-state index in [0.29, 0.717) is 0 Å².